The Bertz CT molecular complexity index is 929. The molecule has 122 valence electrons. The number of aryl methyl sites for hydroxylation is 1. The van der Waals surface area contributed by atoms with Crippen molar-refractivity contribution < 1.29 is 14.0 Å². The summed E-state index contributed by atoms with van der Waals surface area (Å²) >= 11 is 0. The lowest BCUT2D eigenvalue weighted by atomic mass is 10.0. The number of fused-ring (bicyclic) bond motifs is 1. The van der Waals surface area contributed by atoms with Gasteiger partial charge in [-0.15, -0.1) is 0 Å². The normalized spacial score (nSPS) is 10.8. The monoisotopic (exact) mass is 325 g/mol. The first-order valence-electron chi connectivity index (χ1n) is 7.41. The standard InChI is InChI=1S/C18H16FN3O2/c1-11-14-4-2-3-5-15(14)22(21-10-16(20)23)17(11)18(24)12-6-8-13(19)9-7-12/h2-9,21H,10H2,1H3,(H2,20,23). The van der Waals surface area contributed by atoms with Gasteiger partial charge in [-0.3, -0.25) is 14.3 Å². The van der Waals surface area contributed by atoms with Gasteiger partial charge in [0.05, 0.1) is 5.52 Å². The molecule has 0 saturated carbocycles. The van der Waals surface area contributed by atoms with Crippen molar-refractivity contribution in [3.8, 4) is 0 Å². The van der Waals surface area contributed by atoms with Gasteiger partial charge in [0.25, 0.3) is 0 Å². The van der Waals surface area contributed by atoms with Crippen LogP contribution >= 0.6 is 0 Å². The topological polar surface area (TPSA) is 77.1 Å². The largest absolute Gasteiger partial charge is 0.368 e. The molecule has 1 aromatic heterocycles. The number of hydrogen-bond donors (Lipinski definition) is 2. The minimum Gasteiger partial charge on any atom is -0.368 e. The Labute approximate surface area is 137 Å². The van der Waals surface area contributed by atoms with Crippen LogP contribution in [-0.2, 0) is 4.79 Å². The van der Waals surface area contributed by atoms with Crippen molar-refractivity contribution in [3.63, 3.8) is 0 Å². The summed E-state index contributed by atoms with van der Waals surface area (Å²) in [5.41, 5.74) is 10.4. The number of amides is 1. The van der Waals surface area contributed by atoms with Crippen LogP contribution in [-0.4, -0.2) is 22.9 Å². The SMILES string of the molecule is Cc1c(C(=O)c2ccc(F)cc2)n(NCC(N)=O)c2ccccc12. The number of hydrogen-bond acceptors (Lipinski definition) is 3. The van der Waals surface area contributed by atoms with E-state index in [1.165, 1.54) is 24.3 Å². The Morgan fingerprint density at radius 2 is 1.79 bits per heavy atom. The summed E-state index contributed by atoms with van der Waals surface area (Å²) in [6.07, 6.45) is 0. The zero-order chi connectivity index (χ0) is 17.3. The number of nitrogens with zero attached hydrogens (tertiary/aromatic N) is 1. The molecule has 0 aliphatic heterocycles. The molecule has 0 spiro atoms. The maximum atomic E-state index is 13.1. The Morgan fingerprint density at radius 1 is 1.12 bits per heavy atom. The predicted octanol–water partition coefficient (Wildman–Crippen LogP) is 2.35. The van der Waals surface area contributed by atoms with Crippen molar-refractivity contribution in [3.05, 3.63) is 71.2 Å². The second kappa shape index (κ2) is 6.16. The van der Waals surface area contributed by atoms with Gasteiger partial charge in [-0.05, 0) is 42.8 Å². The highest BCUT2D eigenvalue weighted by Crippen LogP contribution is 2.26. The van der Waals surface area contributed by atoms with E-state index in [0.717, 1.165) is 16.5 Å². The van der Waals surface area contributed by atoms with Crippen LogP contribution < -0.4 is 11.2 Å². The minimum absolute atomic E-state index is 0.109. The predicted molar refractivity (Wildman–Crippen MR) is 89.9 cm³/mol. The second-order valence-corrected chi connectivity index (χ2v) is 5.46. The molecule has 0 aliphatic rings. The van der Waals surface area contributed by atoms with Gasteiger partial charge in [-0.1, -0.05) is 18.2 Å². The van der Waals surface area contributed by atoms with Crippen molar-refractivity contribution in [1.82, 2.24) is 4.68 Å². The first-order valence-corrected chi connectivity index (χ1v) is 7.41. The lowest BCUT2D eigenvalue weighted by molar-refractivity contribution is -0.116. The van der Waals surface area contributed by atoms with Crippen molar-refractivity contribution in [2.75, 3.05) is 12.0 Å². The van der Waals surface area contributed by atoms with E-state index in [-0.39, 0.29) is 12.3 Å². The van der Waals surface area contributed by atoms with E-state index in [1.54, 1.807) is 4.68 Å². The number of rotatable bonds is 5. The first kappa shape index (κ1) is 15.7. The maximum Gasteiger partial charge on any atom is 0.238 e. The van der Waals surface area contributed by atoms with Crippen molar-refractivity contribution >= 4 is 22.6 Å². The Morgan fingerprint density at radius 3 is 2.46 bits per heavy atom. The van der Waals surface area contributed by atoms with Crippen LogP contribution in [0.5, 0.6) is 0 Å². The molecule has 5 nitrogen and oxygen atoms in total. The quantitative estimate of drug-likeness (QED) is 0.707. The van der Waals surface area contributed by atoms with Crippen LogP contribution in [0.3, 0.4) is 0 Å². The lowest BCUT2D eigenvalue weighted by Crippen LogP contribution is -2.29. The molecule has 0 bridgehead atoms. The number of carbonyl (C=O) groups excluding carboxylic acids is 2. The number of para-hydroxylation sites is 1. The molecule has 0 fully saturated rings. The van der Waals surface area contributed by atoms with E-state index >= 15 is 0 Å². The van der Waals surface area contributed by atoms with Gasteiger partial charge in [0.15, 0.2) is 0 Å². The third kappa shape index (κ3) is 2.74. The Balaban J connectivity index is 2.16. The number of ketones is 1. The Hall–Kier alpha value is -3.15. The summed E-state index contributed by atoms with van der Waals surface area (Å²) in [6, 6.07) is 12.8. The highest BCUT2D eigenvalue weighted by molar-refractivity contribution is 6.12. The van der Waals surface area contributed by atoms with E-state index in [4.69, 9.17) is 5.73 Å². The zero-order valence-electron chi connectivity index (χ0n) is 13.0. The van der Waals surface area contributed by atoms with Crippen molar-refractivity contribution in [2.24, 2.45) is 5.73 Å². The summed E-state index contributed by atoms with van der Waals surface area (Å²) in [7, 11) is 0. The van der Waals surface area contributed by atoms with Crippen molar-refractivity contribution in [1.29, 1.82) is 0 Å². The van der Waals surface area contributed by atoms with Crippen LogP contribution in [0.4, 0.5) is 4.39 Å². The number of halogens is 1. The molecule has 0 atom stereocenters. The molecule has 0 aliphatic carbocycles. The Kier molecular flexibility index (Phi) is 4.04. The average molecular weight is 325 g/mol. The number of primary amides is 1. The molecule has 1 heterocycles. The number of benzene rings is 2. The van der Waals surface area contributed by atoms with Crippen molar-refractivity contribution in [2.45, 2.75) is 6.92 Å². The highest BCUT2D eigenvalue weighted by Gasteiger charge is 2.21. The third-order valence-corrected chi connectivity index (χ3v) is 3.86. The molecule has 3 N–H and O–H groups in total. The molecule has 2 aromatic carbocycles. The van der Waals surface area contributed by atoms with E-state index < -0.39 is 11.7 Å². The minimum atomic E-state index is -0.536. The van der Waals surface area contributed by atoms with E-state index in [0.29, 0.717) is 11.3 Å². The van der Waals surface area contributed by atoms with Gasteiger partial charge in [0, 0.05) is 10.9 Å². The van der Waals surface area contributed by atoms with E-state index in [2.05, 4.69) is 5.43 Å². The summed E-state index contributed by atoms with van der Waals surface area (Å²) in [6.45, 7) is 1.73. The van der Waals surface area contributed by atoms with Crippen LogP contribution in [0, 0.1) is 12.7 Å². The third-order valence-electron chi connectivity index (χ3n) is 3.86. The van der Waals surface area contributed by atoms with Crippen LogP contribution in [0.1, 0.15) is 21.6 Å². The fourth-order valence-corrected chi connectivity index (χ4v) is 2.73. The van der Waals surface area contributed by atoms with Gasteiger partial charge in [-0.25, -0.2) is 4.39 Å². The van der Waals surface area contributed by atoms with Gasteiger partial charge in [0.2, 0.25) is 11.7 Å². The molecule has 3 rings (SSSR count). The number of aromatic nitrogens is 1. The second-order valence-electron chi connectivity index (χ2n) is 5.46. The zero-order valence-corrected chi connectivity index (χ0v) is 13.0. The summed E-state index contributed by atoms with van der Waals surface area (Å²) in [5.74, 6) is -1.21. The molecule has 3 aromatic rings. The fourth-order valence-electron chi connectivity index (χ4n) is 2.73. The molecule has 24 heavy (non-hydrogen) atoms. The van der Waals surface area contributed by atoms with Gasteiger partial charge >= 0.3 is 0 Å². The lowest BCUT2D eigenvalue weighted by Gasteiger charge is -2.12. The highest BCUT2D eigenvalue weighted by atomic mass is 19.1. The van der Waals surface area contributed by atoms with Gasteiger partial charge < -0.3 is 11.2 Å². The number of nitrogens with one attached hydrogen (secondary N) is 1. The molecule has 0 unspecified atom stereocenters. The van der Waals surface area contributed by atoms with Crippen LogP contribution in [0.2, 0.25) is 0 Å². The van der Waals surface area contributed by atoms with E-state index in [1.807, 2.05) is 31.2 Å². The first-order chi connectivity index (χ1) is 11.5. The van der Waals surface area contributed by atoms with E-state index in [9.17, 15) is 14.0 Å². The number of nitrogens with two attached hydrogens (primary N) is 1. The van der Waals surface area contributed by atoms with Gasteiger partial charge in [0.1, 0.15) is 18.1 Å². The molecule has 6 heteroatoms. The molecule has 0 saturated heterocycles. The van der Waals surface area contributed by atoms with Crippen LogP contribution in [0.25, 0.3) is 10.9 Å². The van der Waals surface area contributed by atoms with Gasteiger partial charge in [-0.2, -0.15) is 0 Å². The molecule has 0 radical (unpaired) electrons. The summed E-state index contributed by atoms with van der Waals surface area (Å²) in [4.78, 5) is 24.0. The smallest absolute Gasteiger partial charge is 0.238 e. The van der Waals surface area contributed by atoms with Crippen LogP contribution in [0.15, 0.2) is 48.5 Å². The molecular weight excluding hydrogens is 309 g/mol. The molecule has 1 amide bonds. The number of carbonyl (C=O) groups is 2. The maximum absolute atomic E-state index is 13.1. The molecular formula is C18H16FN3O2. The summed E-state index contributed by atoms with van der Waals surface area (Å²) < 4.78 is 14.7. The fraction of sp³-hybridized carbons (Fsp3) is 0.111. The summed E-state index contributed by atoms with van der Waals surface area (Å²) in [5, 5.41) is 0.889. The average Bonchev–Trinajstić information content (AvgIpc) is 2.85.